The molecule has 1 amide bonds. The highest BCUT2D eigenvalue weighted by atomic mass is 19.4. The van der Waals surface area contributed by atoms with Crippen LogP contribution in [0.2, 0.25) is 0 Å². The SMILES string of the molecule is CC(C)n1cc(CN2CCCC3(CC(C(=O)NCC(F)(F)F)=NO3)C2)cn1.O=C(O)C(F)(F)F. The number of aromatic nitrogens is 2. The summed E-state index contributed by atoms with van der Waals surface area (Å²) in [5, 5.41) is 17.1. The number of hydrogen-bond acceptors (Lipinski definition) is 6. The van der Waals surface area contributed by atoms with E-state index in [-0.39, 0.29) is 18.2 Å². The first-order valence-electron chi connectivity index (χ1n) is 10.3. The maximum absolute atomic E-state index is 12.3. The van der Waals surface area contributed by atoms with Crippen LogP contribution in [0.15, 0.2) is 17.5 Å². The van der Waals surface area contributed by atoms with Gasteiger partial charge in [-0.3, -0.25) is 14.4 Å². The Kier molecular flexibility index (Phi) is 8.55. The minimum absolute atomic E-state index is 0.0220. The van der Waals surface area contributed by atoms with Crippen LogP contribution in [-0.4, -0.2) is 75.0 Å². The lowest BCUT2D eigenvalue weighted by Crippen LogP contribution is -2.48. The quantitative estimate of drug-likeness (QED) is 0.601. The Morgan fingerprint density at radius 1 is 1.26 bits per heavy atom. The van der Waals surface area contributed by atoms with Gasteiger partial charge < -0.3 is 15.3 Å². The number of halogens is 6. The molecule has 1 saturated heterocycles. The van der Waals surface area contributed by atoms with E-state index in [1.807, 2.05) is 22.4 Å². The van der Waals surface area contributed by atoms with Gasteiger partial charge in [-0.15, -0.1) is 0 Å². The van der Waals surface area contributed by atoms with Crippen LogP contribution in [0.5, 0.6) is 0 Å². The van der Waals surface area contributed by atoms with E-state index in [2.05, 4.69) is 29.0 Å². The van der Waals surface area contributed by atoms with Gasteiger partial charge in [0.15, 0.2) is 5.60 Å². The number of oxime groups is 1. The second-order valence-electron chi connectivity index (χ2n) is 8.33. The summed E-state index contributed by atoms with van der Waals surface area (Å²) >= 11 is 0. The van der Waals surface area contributed by atoms with E-state index in [0.29, 0.717) is 19.5 Å². The number of likely N-dealkylation sites (tertiary alicyclic amines) is 1. The third kappa shape index (κ3) is 8.18. The molecular formula is C19H25F6N5O4. The van der Waals surface area contributed by atoms with Crippen molar-refractivity contribution < 1.29 is 45.9 Å². The Hall–Kier alpha value is -2.84. The predicted molar refractivity (Wildman–Crippen MR) is 106 cm³/mol. The fourth-order valence-corrected chi connectivity index (χ4v) is 3.47. The molecule has 1 spiro atoms. The maximum atomic E-state index is 12.3. The Labute approximate surface area is 190 Å². The van der Waals surface area contributed by atoms with Gasteiger partial charge in [-0.25, -0.2) is 4.79 Å². The first-order chi connectivity index (χ1) is 15.6. The highest BCUT2D eigenvalue weighted by Crippen LogP contribution is 2.34. The molecule has 1 fully saturated rings. The fourth-order valence-electron chi connectivity index (χ4n) is 3.47. The van der Waals surface area contributed by atoms with Gasteiger partial charge in [0.05, 0.1) is 6.20 Å². The standard InChI is InChI=1S/C17H24F3N5O2.C2HF3O2/c1-12(2)25-9-13(7-22-25)8-24-5-3-4-16(11-24)6-14(23-27-16)15(26)21-10-17(18,19)20;3-2(4,5)1(6)7/h7,9,12H,3-6,8,10-11H2,1-2H3,(H,21,26);(H,6,7). The number of carboxylic acid groups (broad SMARTS) is 1. The van der Waals surface area contributed by atoms with Gasteiger partial charge in [0.2, 0.25) is 0 Å². The zero-order valence-electron chi connectivity index (χ0n) is 18.4. The van der Waals surface area contributed by atoms with Crippen molar-refractivity contribution in [3.8, 4) is 0 Å². The van der Waals surface area contributed by atoms with Crippen LogP contribution in [0, 0.1) is 0 Å². The van der Waals surface area contributed by atoms with Gasteiger partial charge in [0, 0.05) is 37.3 Å². The molecule has 3 rings (SSSR count). The molecule has 192 valence electrons. The van der Waals surface area contributed by atoms with Gasteiger partial charge in [-0.05, 0) is 33.2 Å². The molecule has 0 saturated carbocycles. The molecule has 0 aromatic carbocycles. The largest absolute Gasteiger partial charge is 0.490 e. The molecular weight excluding hydrogens is 476 g/mol. The summed E-state index contributed by atoms with van der Waals surface area (Å²) in [4.78, 5) is 28.6. The van der Waals surface area contributed by atoms with Crippen molar-refractivity contribution in [2.24, 2.45) is 5.16 Å². The van der Waals surface area contributed by atoms with Crippen molar-refractivity contribution in [3.05, 3.63) is 18.0 Å². The number of hydrogen-bond donors (Lipinski definition) is 2. The van der Waals surface area contributed by atoms with Crippen molar-refractivity contribution in [2.45, 2.75) is 63.7 Å². The average Bonchev–Trinajstić information content (AvgIpc) is 3.33. The minimum atomic E-state index is -5.08. The topological polar surface area (TPSA) is 109 Å². The first kappa shape index (κ1) is 27.4. The maximum Gasteiger partial charge on any atom is 0.490 e. The van der Waals surface area contributed by atoms with E-state index in [1.54, 1.807) is 0 Å². The number of alkyl halides is 6. The van der Waals surface area contributed by atoms with Crippen LogP contribution in [0.1, 0.15) is 44.7 Å². The lowest BCUT2D eigenvalue weighted by molar-refractivity contribution is -0.192. The summed E-state index contributed by atoms with van der Waals surface area (Å²) in [5.74, 6) is -3.58. The second-order valence-corrected chi connectivity index (χ2v) is 8.33. The van der Waals surface area contributed by atoms with Gasteiger partial charge >= 0.3 is 18.3 Å². The fraction of sp³-hybridized carbons (Fsp3) is 0.684. The molecule has 0 radical (unpaired) electrons. The third-order valence-electron chi connectivity index (χ3n) is 5.00. The van der Waals surface area contributed by atoms with Gasteiger partial charge in [-0.2, -0.15) is 31.4 Å². The molecule has 1 unspecified atom stereocenters. The number of carbonyl (C=O) groups excluding carboxylic acids is 1. The van der Waals surface area contributed by atoms with E-state index < -0.39 is 36.4 Å². The van der Waals surface area contributed by atoms with E-state index in [1.165, 1.54) is 0 Å². The van der Waals surface area contributed by atoms with Crippen molar-refractivity contribution in [1.82, 2.24) is 20.0 Å². The number of aliphatic carboxylic acids is 1. The molecule has 9 nitrogen and oxygen atoms in total. The number of nitrogens with zero attached hydrogens (tertiary/aromatic N) is 4. The summed E-state index contributed by atoms with van der Waals surface area (Å²) in [6.45, 7) is 4.90. The Balaban J connectivity index is 0.000000509. The molecule has 2 N–H and O–H groups in total. The smallest absolute Gasteiger partial charge is 0.475 e. The Morgan fingerprint density at radius 3 is 2.44 bits per heavy atom. The van der Waals surface area contributed by atoms with Crippen LogP contribution in [0.25, 0.3) is 0 Å². The summed E-state index contributed by atoms with van der Waals surface area (Å²) in [6, 6.07) is 0.288. The molecule has 0 bridgehead atoms. The zero-order chi connectivity index (χ0) is 25.7. The van der Waals surface area contributed by atoms with E-state index in [9.17, 15) is 31.1 Å². The normalized spacial score (nSPS) is 21.0. The average molecular weight is 501 g/mol. The van der Waals surface area contributed by atoms with Crippen LogP contribution < -0.4 is 5.32 Å². The lowest BCUT2D eigenvalue weighted by Gasteiger charge is -2.38. The van der Waals surface area contributed by atoms with Crippen LogP contribution >= 0.6 is 0 Å². The highest BCUT2D eigenvalue weighted by molar-refractivity contribution is 6.39. The van der Waals surface area contributed by atoms with Crippen LogP contribution in [0.3, 0.4) is 0 Å². The Bertz CT molecular complexity index is 898. The number of amides is 1. The zero-order valence-corrected chi connectivity index (χ0v) is 18.4. The second kappa shape index (κ2) is 10.6. The minimum Gasteiger partial charge on any atom is -0.475 e. The van der Waals surface area contributed by atoms with Gasteiger partial charge in [0.1, 0.15) is 12.3 Å². The molecule has 2 aliphatic rings. The van der Waals surface area contributed by atoms with E-state index in [4.69, 9.17) is 14.7 Å². The van der Waals surface area contributed by atoms with E-state index >= 15 is 0 Å². The molecule has 1 atom stereocenters. The highest BCUT2D eigenvalue weighted by Gasteiger charge is 2.45. The number of piperidine rings is 1. The predicted octanol–water partition coefficient (Wildman–Crippen LogP) is 2.89. The third-order valence-corrected chi connectivity index (χ3v) is 5.00. The monoisotopic (exact) mass is 501 g/mol. The molecule has 3 heterocycles. The number of carbonyl (C=O) groups is 2. The van der Waals surface area contributed by atoms with Gasteiger partial charge in [-0.1, -0.05) is 5.16 Å². The summed E-state index contributed by atoms with van der Waals surface area (Å²) in [5.41, 5.74) is 0.466. The van der Waals surface area contributed by atoms with Crippen molar-refractivity contribution in [3.63, 3.8) is 0 Å². The molecule has 0 aliphatic carbocycles. The van der Waals surface area contributed by atoms with Crippen molar-refractivity contribution in [1.29, 1.82) is 0 Å². The molecule has 1 aromatic heterocycles. The van der Waals surface area contributed by atoms with Crippen LogP contribution in [0.4, 0.5) is 26.3 Å². The summed E-state index contributed by atoms with van der Waals surface area (Å²) < 4.78 is 70.4. The van der Waals surface area contributed by atoms with Gasteiger partial charge in [0.25, 0.3) is 5.91 Å². The lowest BCUT2D eigenvalue weighted by atomic mass is 9.88. The Morgan fingerprint density at radius 2 is 1.91 bits per heavy atom. The first-order valence-corrected chi connectivity index (χ1v) is 10.3. The number of nitrogens with one attached hydrogen (secondary N) is 1. The van der Waals surface area contributed by atoms with Crippen molar-refractivity contribution >= 4 is 17.6 Å². The molecule has 15 heteroatoms. The summed E-state index contributed by atoms with van der Waals surface area (Å²) in [6.07, 6.45) is -3.88. The molecule has 2 aliphatic heterocycles. The summed E-state index contributed by atoms with van der Waals surface area (Å²) in [7, 11) is 0. The number of carboxylic acids is 1. The molecule has 34 heavy (non-hydrogen) atoms. The molecule has 1 aromatic rings. The van der Waals surface area contributed by atoms with E-state index in [0.717, 1.165) is 18.5 Å². The van der Waals surface area contributed by atoms with Crippen molar-refractivity contribution in [2.75, 3.05) is 19.6 Å². The number of rotatable bonds is 5. The van der Waals surface area contributed by atoms with Crippen LogP contribution in [-0.2, 0) is 21.0 Å².